The van der Waals surface area contributed by atoms with Crippen molar-refractivity contribution in [2.24, 2.45) is 0 Å². The molecular formula is C24H16N4O2. The van der Waals surface area contributed by atoms with Crippen LogP contribution in [0, 0.1) is 0 Å². The van der Waals surface area contributed by atoms with E-state index in [0.29, 0.717) is 0 Å². The number of benzene rings is 2. The molecule has 30 heavy (non-hydrogen) atoms. The van der Waals surface area contributed by atoms with Crippen LogP contribution in [0.5, 0.6) is 0 Å². The number of aromatic nitrogens is 4. The Hall–Kier alpha value is -4.32. The van der Waals surface area contributed by atoms with Crippen molar-refractivity contribution in [3.05, 3.63) is 116 Å². The third-order valence-corrected chi connectivity index (χ3v) is 4.95. The molecule has 0 saturated heterocycles. The van der Waals surface area contributed by atoms with Gasteiger partial charge in [0.1, 0.15) is 10.7 Å². The predicted octanol–water partition coefficient (Wildman–Crippen LogP) is 1.82. The lowest BCUT2D eigenvalue weighted by Crippen LogP contribution is -2.46. The predicted molar refractivity (Wildman–Crippen MR) is 118 cm³/mol. The minimum Gasteiger partial charge on any atom is -0.316 e. The summed E-state index contributed by atoms with van der Waals surface area (Å²) < 4.78 is 0. The molecular weight excluding hydrogens is 376 g/mol. The highest BCUT2D eigenvalue weighted by molar-refractivity contribution is 5.88. The first-order chi connectivity index (χ1) is 14.7. The zero-order chi connectivity index (χ0) is 20.5. The number of hydrogen-bond donors (Lipinski definition) is 2. The van der Waals surface area contributed by atoms with Crippen LogP contribution in [0.1, 0.15) is 11.1 Å². The summed E-state index contributed by atoms with van der Waals surface area (Å²) in [7, 11) is 0. The van der Waals surface area contributed by atoms with Crippen LogP contribution in [0.15, 0.2) is 82.6 Å². The lowest BCUT2D eigenvalue weighted by molar-refractivity contribution is 1.00. The number of fused-ring (bicyclic) bond motifs is 2. The summed E-state index contributed by atoms with van der Waals surface area (Å²) in [5.74, 6) is 0. The Labute approximate surface area is 169 Å². The zero-order valence-corrected chi connectivity index (χ0v) is 15.8. The van der Waals surface area contributed by atoms with Gasteiger partial charge in [0.25, 0.3) is 11.1 Å². The number of pyridine rings is 2. The second kappa shape index (κ2) is 7.25. The maximum Gasteiger partial charge on any atom is 0.272 e. The minimum absolute atomic E-state index is 0.188. The van der Waals surface area contributed by atoms with E-state index in [1.165, 1.54) is 0 Å². The molecule has 0 aliphatic carbocycles. The van der Waals surface area contributed by atoms with Crippen LogP contribution < -0.4 is 21.8 Å². The van der Waals surface area contributed by atoms with E-state index in [-0.39, 0.29) is 21.8 Å². The van der Waals surface area contributed by atoms with Crippen LogP contribution in [0.2, 0.25) is 0 Å². The van der Waals surface area contributed by atoms with Crippen molar-refractivity contribution in [3.8, 4) is 0 Å². The number of H-pyrrole nitrogens is 2. The number of nitrogens with one attached hydrogen (secondary N) is 2. The molecule has 0 bridgehead atoms. The van der Waals surface area contributed by atoms with Crippen molar-refractivity contribution >= 4 is 34.0 Å². The molecule has 0 fully saturated rings. The van der Waals surface area contributed by atoms with Gasteiger partial charge in [0.15, 0.2) is 0 Å². The zero-order valence-electron chi connectivity index (χ0n) is 15.8. The molecule has 0 radical (unpaired) electrons. The van der Waals surface area contributed by atoms with E-state index in [0.717, 1.165) is 32.9 Å². The van der Waals surface area contributed by atoms with E-state index in [1.807, 2.05) is 60.7 Å². The van der Waals surface area contributed by atoms with Crippen molar-refractivity contribution in [3.63, 3.8) is 0 Å². The summed E-state index contributed by atoms with van der Waals surface area (Å²) in [5.41, 5.74) is 2.50. The largest absolute Gasteiger partial charge is 0.316 e. The molecule has 0 unspecified atom stereocenters. The summed E-state index contributed by atoms with van der Waals surface area (Å²) in [5, 5.41) is 2.18. The van der Waals surface area contributed by atoms with Crippen LogP contribution in [0.4, 0.5) is 0 Å². The van der Waals surface area contributed by atoms with Gasteiger partial charge in [0.2, 0.25) is 0 Å². The second-order valence-electron chi connectivity index (χ2n) is 6.86. The normalized spacial score (nSPS) is 12.7. The van der Waals surface area contributed by atoms with E-state index < -0.39 is 0 Å². The highest BCUT2D eigenvalue weighted by atomic mass is 16.1. The first-order valence-electron chi connectivity index (χ1n) is 9.43. The molecule has 144 valence electrons. The molecule has 3 heterocycles. The number of nitrogens with zero attached hydrogens (tertiary/aromatic N) is 2. The SMILES string of the molecule is O=c1[nH]c(=Cc2ccnc3ccccc23)c(=O)[nH]c1=Cc1ccnc2ccccc12. The van der Waals surface area contributed by atoms with Crippen LogP contribution in [-0.2, 0) is 0 Å². The molecule has 0 atom stereocenters. The Balaban J connectivity index is 1.69. The summed E-state index contributed by atoms with van der Waals surface area (Å²) in [6.45, 7) is 0. The third kappa shape index (κ3) is 3.20. The van der Waals surface area contributed by atoms with Gasteiger partial charge in [-0.1, -0.05) is 36.4 Å². The van der Waals surface area contributed by atoms with E-state index in [1.54, 1.807) is 24.5 Å². The van der Waals surface area contributed by atoms with Crippen molar-refractivity contribution < 1.29 is 0 Å². The molecule has 0 aliphatic heterocycles. The Morgan fingerprint density at radius 3 is 1.50 bits per heavy atom. The van der Waals surface area contributed by atoms with Crippen LogP contribution >= 0.6 is 0 Å². The van der Waals surface area contributed by atoms with Crippen LogP contribution in [0.3, 0.4) is 0 Å². The van der Waals surface area contributed by atoms with Gasteiger partial charge in [-0.15, -0.1) is 0 Å². The lowest BCUT2D eigenvalue weighted by Gasteiger charge is -2.01. The Morgan fingerprint density at radius 1 is 0.600 bits per heavy atom. The fraction of sp³-hybridized carbons (Fsp3) is 0. The van der Waals surface area contributed by atoms with Gasteiger partial charge in [-0.2, -0.15) is 0 Å². The monoisotopic (exact) mass is 392 g/mol. The molecule has 6 heteroatoms. The molecule has 0 spiro atoms. The highest BCUT2D eigenvalue weighted by Crippen LogP contribution is 2.17. The maximum atomic E-state index is 12.7. The average Bonchev–Trinajstić information content (AvgIpc) is 2.77. The summed E-state index contributed by atoms with van der Waals surface area (Å²) in [6.07, 6.45) is 6.68. The fourth-order valence-electron chi connectivity index (χ4n) is 3.49. The number of hydrogen-bond acceptors (Lipinski definition) is 4. The smallest absolute Gasteiger partial charge is 0.272 e. The molecule has 5 rings (SSSR count). The quantitative estimate of drug-likeness (QED) is 0.479. The van der Waals surface area contributed by atoms with Crippen LogP contribution in [0.25, 0.3) is 34.0 Å². The molecule has 6 nitrogen and oxygen atoms in total. The van der Waals surface area contributed by atoms with Gasteiger partial charge >= 0.3 is 0 Å². The van der Waals surface area contributed by atoms with Crippen molar-refractivity contribution in [1.82, 2.24) is 19.9 Å². The summed E-state index contributed by atoms with van der Waals surface area (Å²) in [4.78, 5) is 39.4. The third-order valence-electron chi connectivity index (χ3n) is 4.95. The first-order valence-corrected chi connectivity index (χ1v) is 9.43. The van der Waals surface area contributed by atoms with Crippen molar-refractivity contribution in [2.75, 3.05) is 0 Å². The number of rotatable bonds is 2. The van der Waals surface area contributed by atoms with Crippen molar-refractivity contribution in [2.45, 2.75) is 0 Å². The molecule has 2 aromatic carbocycles. The lowest BCUT2D eigenvalue weighted by atomic mass is 10.1. The minimum atomic E-state index is -0.375. The van der Waals surface area contributed by atoms with E-state index in [4.69, 9.17) is 0 Å². The van der Waals surface area contributed by atoms with Gasteiger partial charge in [-0.3, -0.25) is 19.6 Å². The van der Waals surface area contributed by atoms with Gasteiger partial charge < -0.3 is 9.97 Å². The van der Waals surface area contributed by atoms with E-state index >= 15 is 0 Å². The molecule has 0 aliphatic rings. The van der Waals surface area contributed by atoms with Gasteiger partial charge in [0.05, 0.1) is 11.0 Å². The summed E-state index contributed by atoms with van der Waals surface area (Å²) in [6, 6.07) is 18.9. The average molecular weight is 392 g/mol. The standard InChI is InChI=1S/C24H16N4O2/c29-23-21(13-15-9-11-25-19-7-3-1-5-17(15)19)27-24(30)22(28-23)14-16-10-12-26-20-8-4-2-6-18(16)20/h1-14H,(H,27,30)(H,28,29). The summed E-state index contributed by atoms with van der Waals surface area (Å²) >= 11 is 0. The van der Waals surface area contributed by atoms with E-state index in [9.17, 15) is 9.59 Å². The second-order valence-corrected chi connectivity index (χ2v) is 6.86. The first kappa shape index (κ1) is 17.8. The van der Waals surface area contributed by atoms with Gasteiger partial charge in [-0.25, -0.2) is 0 Å². The fourth-order valence-corrected chi connectivity index (χ4v) is 3.49. The molecule has 5 aromatic rings. The van der Waals surface area contributed by atoms with Gasteiger partial charge in [-0.05, 0) is 47.5 Å². The molecule has 0 saturated carbocycles. The Bertz CT molecular complexity index is 1510. The Kier molecular flexibility index (Phi) is 4.29. The number of para-hydroxylation sites is 2. The van der Waals surface area contributed by atoms with Gasteiger partial charge in [0, 0.05) is 23.2 Å². The van der Waals surface area contributed by atoms with Crippen molar-refractivity contribution in [1.29, 1.82) is 0 Å². The van der Waals surface area contributed by atoms with Crippen LogP contribution in [-0.4, -0.2) is 19.9 Å². The molecule has 0 amide bonds. The Morgan fingerprint density at radius 2 is 1.03 bits per heavy atom. The topological polar surface area (TPSA) is 91.5 Å². The molecule has 2 N–H and O–H groups in total. The maximum absolute atomic E-state index is 12.7. The molecule has 3 aromatic heterocycles. The highest BCUT2D eigenvalue weighted by Gasteiger charge is 2.03. The number of aromatic amines is 2. The van der Waals surface area contributed by atoms with E-state index in [2.05, 4.69) is 19.9 Å².